The van der Waals surface area contributed by atoms with E-state index in [4.69, 9.17) is 13.9 Å². The lowest BCUT2D eigenvalue weighted by Gasteiger charge is -2.51. The van der Waals surface area contributed by atoms with Crippen LogP contribution in [-0.2, 0) is 23.5 Å². The first-order chi connectivity index (χ1) is 18.5. The molecule has 2 heterocycles. The van der Waals surface area contributed by atoms with Gasteiger partial charge in [-0.15, -0.1) is 0 Å². The lowest BCUT2D eigenvalue weighted by Crippen LogP contribution is -2.70. The van der Waals surface area contributed by atoms with Gasteiger partial charge in [-0.3, -0.25) is 14.4 Å². The number of fused-ring (bicyclic) bond motifs is 1. The number of imide groups is 1. The summed E-state index contributed by atoms with van der Waals surface area (Å²) in [4.78, 5) is 64.5. The van der Waals surface area contributed by atoms with Gasteiger partial charge in [-0.25, -0.2) is 14.5 Å². The number of aliphatic hydroxyl groups is 1. The normalized spacial score (nSPS) is 20.6. The Labute approximate surface area is 233 Å². The molecule has 12 nitrogen and oxygen atoms in total. The SMILES string of the molecule is C=CCOC(=O)N1C(=O)COc2ccc(C(=O)C[C@@H]3[C@@H](C(C)O[Si](C)(C)C(C)(C)C)C(=O)N3C(O)C(=O)O)cc21. The molecule has 218 valence electrons. The van der Waals surface area contributed by atoms with Crippen LogP contribution in [0.5, 0.6) is 5.75 Å². The molecule has 3 rings (SSSR count). The molecule has 0 aromatic heterocycles. The van der Waals surface area contributed by atoms with Crippen molar-refractivity contribution in [2.24, 2.45) is 5.92 Å². The number of carbonyl (C=O) groups excluding carboxylic acids is 4. The summed E-state index contributed by atoms with van der Waals surface area (Å²) in [5.41, 5.74) is 0.0915. The summed E-state index contributed by atoms with van der Waals surface area (Å²) in [5, 5.41) is 19.4. The zero-order valence-electron chi connectivity index (χ0n) is 23.5. The maximum atomic E-state index is 13.4. The average molecular weight is 577 g/mol. The van der Waals surface area contributed by atoms with Crippen molar-refractivity contribution in [3.63, 3.8) is 0 Å². The largest absolute Gasteiger partial charge is 0.482 e. The summed E-state index contributed by atoms with van der Waals surface area (Å²) in [5.74, 6) is -4.13. The molecular weight excluding hydrogens is 540 g/mol. The van der Waals surface area contributed by atoms with Crippen LogP contribution in [0.25, 0.3) is 0 Å². The van der Waals surface area contributed by atoms with Crippen molar-refractivity contribution >= 4 is 43.7 Å². The Morgan fingerprint density at radius 3 is 2.48 bits per heavy atom. The molecule has 13 heteroatoms. The van der Waals surface area contributed by atoms with E-state index < -0.39 is 68.9 Å². The summed E-state index contributed by atoms with van der Waals surface area (Å²) >= 11 is 0. The molecular formula is C27H36N2O10Si. The number of aliphatic carboxylic acids is 1. The minimum absolute atomic E-state index is 0.00875. The second-order valence-electron chi connectivity index (χ2n) is 11.3. The number of amides is 3. The number of ketones is 1. The molecule has 0 saturated carbocycles. The molecule has 1 saturated heterocycles. The molecule has 0 bridgehead atoms. The molecule has 40 heavy (non-hydrogen) atoms. The van der Waals surface area contributed by atoms with Crippen LogP contribution in [0.2, 0.25) is 18.1 Å². The van der Waals surface area contributed by atoms with E-state index in [0.717, 1.165) is 9.80 Å². The van der Waals surface area contributed by atoms with Crippen molar-refractivity contribution in [3.05, 3.63) is 36.4 Å². The molecule has 2 aliphatic rings. The number of Topliss-reactive ketones (excluding diaryl/α,β-unsaturated/α-hetero) is 1. The predicted molar refractivity (Wildman–Crippen MR) is 145 cm³/mol. The number of nitrogens with zero attached hydrogens (tertiary/aromatic N) is 2. The summed E-state index contributed by atoms with van der Waals surface area (Å²) in [7, 11) is -2.33. The van der Waals surface area contributed by atoms with Gasteiger partial charge in [-0.2, -0.15) is 0 Å². The van der Waals surface area contributed by atoms with Gasteiger partial charge in [0.2, 0.25) is 12.1 Å². The number of carboxylic acids is 1. The van der Waals surface area contributed by atoms with Gasteiger partial charge in [0.15, 0.2) is 20.7 Å². The van der Waals surface area contributed by atoms with Crippen LogP contribution in [-0.4, -0.2) is 84.7 Å². The van der Waals surface area contributed by atoms with E-state index in [2.05, 4.69) is 6.58 Å². The lowest BCUT2D eigenvalue weighted by atomic mass is 9.79. The van der Waals surface area contributed by atoms with Gasteiger partial charge in [0, 0.05) is 12.0 Å². The van der Waals surface area contributed by atoms with Crippen molar-refractivity contribution in [2.75, 3.05) is 18.1 Å². The van der Waals surface area contributed by atoms with Crippen LogP contribution in [0, 0.1) is 5.92 Å². The number of likely N-dealkylation sites (tertiary alicyclic amines) is 1. The third-order valence-corrected chi connectivity index (χ3v) is 12.2. The first-order valence-electron chi connectivity index (χ1n) is 12.8. The van der Waals surface area contributed by atoms with Crippen molar-refractivity contribution in [1.82, 2.24) is 4.90 Å². The molecule has 2 unspecified atom stereocenters. The zero-order chi connectivity index (χ0) is 30.2. The van der Waals surface area contributed by atoms with Gasteiger partial charge in [0.1, 0.15) is 12.4 Å². The Morgan fingerprint density at radius 2 is 1.90 bits per heavy atom. The molecule has 2 aliphatic heterocycles. The molecule has 1 fully saturated rings. The molecule has 0 spiro atoms. The summed E-state index contributed by atoms with van der Waals surface area (Å²) in [6, 6.07) is 3.20. The molecule has 3 amide bonds. The first-order valence-corrected chi connectivity index (χ1v) is 15.7. The van der Waals surface area contributed by atoms with Gasteiger partial charge in [0.05, 0.1) is 23.8 Å². The van der Waals surface area contributed by atoms with Gasteiger partial charge in [-0.1, -0.05) is 33.4 Å². The van der Waals surface area contributed by atoms with E-state index in [1.807, 2.05) is 33.9 Å². The number of β-lactam (4-membered cyclic amide) rings is 1. The van der Waals surface area contributed by atoms with Gasteiger partial charge < -0.3 is 29.0 Å². The van der Waals surface area contributed by atoms with E-state index in [0.29, 0.717) is 0 Å². The fraction of sp³-hybridized carbons (Fsp3) is 0.519. The highest BCUT2D eigenvalue weighted by molar-refractivity contribution is 6.74. The fourth-order valence-corrected chi connectivity index (χ4v) is 5.92. The van der Waals surface area contributed by atoms with Crippen LogP contribution >= 0.6 is 0 Å². The molecule has 0 aliphatic carbocycles. The highest BCUT2D eigenvalue weighted by atomic mass is 28.4. The van der Waals surface area contributed by atoms with E-state index in [1.54, 1.807) is 6.92 Å². The smallest absolute Gasteiger partial charge is 0.421 e. The van der Waals surface area contributed by atoms with Gasteiger partial charge in [-0.05, 0) is 43.3 Å². The number of hydrogen-bond donors (Lipinski definition) is 2. The zero-order valence-corrected chi connectivity index (χ0v) is 24.5. The lowest BCUT2D eigenvalue weighted by molar-refractivity contribution is -0.193. The monoisotopic (exact) mass is 576 g/mol. The Hall–Kier alpha value is -3.55. The maximum Gasteiger partial charge on any atom is 0.421 e. The third kappa shape index (κ3) is 5.95. The topological polar surface area (TPSA) is 160 Å². The number of anilines is 1. The van der Waals surface area contributed by atoms with Crippen LogP contribution < -0.4 is 9.64 Å². The number of carbonyl (C=O) groups is 5. The first kappa shape index (κ1) is 31.0. The Kier molecular flexibility index (Phi) is 8.92. The minimum Gasteiger partial charge on any atom is -0.482 e. The second-order valence-corrected chi connectivity index (χ2v) is 16.1. The molecule has 1 aromatic rings. The molecule has 2 N–H and O–H groups in total. The van der Waals surface area contributed by atoms with E-state index in [9.17, 15) is 34.2 Å². The van der Waals surface area contributed by atoms with E-state index >= 15 is 0 Å². The van der Waals surface area contributed by atoms with E-state index in [-0.39, 0.29) is 35.1 Å². The number of carboxylic acid groups (broad SMARTS) is 1. The highest BCUT2D eigenvalue weighted by Crippen LogP contribution is 2.42. The van der Waals surface area contributed by atoms with E-state index in [1.165, 1.54) is 24.3 Å². The fourth-order valence-electron chi connectivity index (χ4n) is 4.49. The van der Waals surface area contributed by atoms with Gasteiger partial charge >= 0.3 is 12.1 Å². The minimum atomic E-state index is -2.33. The van der Waals surface area contributed by atoms with Crippen molar-refractivity contribution in [1.29, 1.82) is 0 Å². The van der Waals surface area contributed by atoms with Crippen molar-refractivity contribution < 1.29 is 48.1 Å². The number of ether oxygens (including phenoxy) is 2. The number of aliphatic hydroxyl groups excluding tert-OH is 1. The van der Waals surface area contributed by atoms with Crippen molar-refractivity contribution in [3.8, 4) is 5.75 Å². The number of benzene rings is 1. The van der Waals surface area contributed by atoms with Gasteiger partial charge in [0.25, 0.3) is 5.91 Å². The predicted octanol–water partition coefficient (Wildman–Crippen LogP) is 2.95. The Morgan fingerprint density at radius 1 is 1.25 bits per heavy atom. The standard InChI is InChI=1S/C27H36N2O10Si/c1-8-11-37-26(36)28-17-12-16(9-10-20(17)38-14-21(28)31)19(30)13-18-22(23(32)29(18)24(33)25(34)35)15(2)39-40(6,7)27(3,4)5/h8-10,12,15,18,22,24,33H,1,11,13-14H2,2-7H3,(H,34,35)/t15?,18-,22-,24?/m1/s1. The molecule has 1 aromatic carbocycles. The summed E-state index contributed by atoms with van der Waals surface area (Å²) in [6.45, 7) is 14.8. The second kappa shape index (κ2) is 11.5. The Bertz CT molecular complexity index is 1220. The van der Waals surface area contributed by atoms with Crippen LogP contribution in [0.15, 0.2) is 30.9 Å². The van der Waals surface area contributed by atoms with Crippen LogP contribution in [0.4, 0.5) is 10.5 Å². The summed E-state index contributed by atoms with van der Waals surface area (Å²) in [6.07, 6.45) is -2.73. The number of rotatable bonds is 10. The van der Waals surface area contributed by atoms with Crippen molar-refractivity contribution in [2.45, 2.75) is 70.6 Å². The highest BCUT2D eigenvalue weighted by Gasteiger charge is 2.56. The Balaban J connectivity index is 1.90. The average Bonchev–Trinajstić information content (AvgIpc) is 2.85. The van der Waals surface area contributed by atoms with Crippen LogP contribution in [0.1, 0.15) is 44.5 Å². The third-order valence-electron chi connectivity index (χ3n) is 7.61. The quantitative estimate of drug-likeness (QED) is 0.183. The van der Waals surface area contributed by atoms with Crippen LogP contribution in [0.3, 0.4) is 0 Å². The summed E-state index contributed by atoms with van der Waals surface area (Å²) < 4.78 is 16.8. The maximum absolute atomic E-state index is 13.4. The number of hydrogen-bond acceptors (Lipinski definition) is 9. The molecule has 0 radical (unpaired) electrons. The molecule has 4 atom stereocenters.